The maximum atomic E-state index is 12.0. The number of carbonyl (C=O) groups excluding carboxylic acids is 2. The fourth-order valence-corrected chi connectivity index (χ4v) is 3.27. The molecule has 2 heterocycles. The van der Waals surface area contributed by atoms with Crippen LogP contribution in [0.25, 0.3) is 0 Å². The standard InChI is InChI=1S/C15H23N3O2S/c1-15(2,3)11-9-21-12(17-11)5-6-16-14(20)10-7-13(19)18(4)8-10/h9-10H,5-8H2,1-4H3,(H,16,20)/t10-/m0/s1. The van der Waals surface area contributed by atoms with Crippen LogP contribution in [0, 0.1) is 5.92 Å². The molecule has 1 N–H and O–H groups in total. The topological polar surface area (TPSA) is 62.3 Å². The lowest BCUT2D eigenvalue weighted by molar-refractivity contribution is -0.128. The van der Waals surface area contributed by atoms with Gasteiger partial charge in [-0.15, -0.1) is 11.3 Å². The molecule has 1 aromatic rings. The molecule has 0 saturated carbocycles. The van der Waals surface area contributed by atoms with Crippen molar-refractivity contribution in [2.75, 3.05) is 20.1 Å². The molecule has 1 aliphatic heterocycles. The van der Waals surface area contributed by atoms with E-state index in [-0.39, 0.29) is 23.1 Å². The molecule has 1 atom stereocenters. The summed E-state index contributed by atoms with van der Waals surface area (Å²) in [6.07, 6.45) is 1.07. The first-order chi connectivity index (χ1) is 9.77. The van der Waals surface area contributed by atoms with Crippen LogP contribution in [0.2, 0.25) is 0 Å². The van der Waals surface area contributed by atoms with E-state index < -0.39 is 0 Å². The quantitative estimate of drug-likeness (QED) is 0.918. The Labute approximate surface area is 129 Å². The van der Waals surface area contributed by atoms with E-state index in [0.717, 1.165) is 17.1 Å². The van der Waals surface area contributed by atoms with Gasteiger partial charge in [0.1, 0.15) is 0 Å². The van der Waals surface area contributed by atoms with Gasteiger partial charge in [0.2, 0.25) is 11.8 Å². The molecule has 1 saturated heterocycles. The van der Waals surface area contributed by atoms with Crippen LogP contribution in [0.15, 0.2) is 5.38 Å². The van der Waals surface area contributed by atoms with Crippen LogP contribution < -0.4 is 5.32 Å². The van der Waals surface area contributed by atoms with Crippen molar-refractivity contribution in [2.24, 2.45) is 5.92 Å². The van der Waals surface area contributed by atoms with Gasteiger partial charge in [-0.25, -0.2) is 4.98 Å². The van der Waals surface area contributed by atoms with Crippen molar-refractivity contribution >= 4 is 23.2 Å². The van der Waals surface area contributed by atoms with Crippen molar-refractivity contribution in [3.8, 4) is 0 Å². The zero-order valence-electron chi connectivity index (χ0n) is 13.1. The molecule has 21 heavy (non-hydrogen) atoms. The van der Waals surface area contributed by atoms with Crippen molar-refractivity contribution in [2.45, 2.75) is 39.0 Å². The summed E-state index contributed by atoms with van der Waals surface area (Å²) in [5.41, 5.74) is 1.16. The second kappa shape index (κ2) is 6.13. The highest BCUT2D eigenvalue weighted by atomic mass is 32.1. The summed E-state index contributed by atoms with van der Waals surface area (Å²) in [5.74, 6) is -0.186. The van der Waals surface area contributed by atoms with Gasteiger partial charge in [0.25, 0.3) is 0 Å². The third-order valence-corrected chi connectivity index (χ3v) is 4.58. The zero-order chi connectivity index (χ0) is 15.6. The zero-order valence-corrected chi connectivity index (χ0v) is 13.9. The lowest BCUT2D eigenvalue weighted by Crippen LogP contribution is -2.33. The van der Waals surface area contributed by atoms with Crippen LogP contribution in [0.4, 0.5) is 0 Å². The van der Waals surface area contributed by atoms with E-state index in [2.05, 4.69) is 36.5 Å². The number of rotatable bonds is 4. The number of hydrogen-bond acceptors (Lipinski definition) is 4. The Morgan fingerprint density at radius 2 is 2.24 bits per heavy atom. The van der Waals surface area contributed by atoms with Gasteiger partial charge in [-0.2, -0.15) is 0 Å². The summed E-state index contributed by atoms with van der Waals surface area (Å²) in [5, 5.41) is 6.04. The minimum absolute atomic E-state index is 0.0275. The highest BCUT2D eigenvalue weighted by molar-refractivity contribution is 7.09. The number of aromatic nitrogens is 1. The van der Waals surface area contributed by atoms with E-state index >= 15 is 0 Å². The van der Waals surface area contributed by atoms with Crippen molar-refractivity contribution in [1.82, 2.24) is 15.2 Å². The van der Waals surface area contributed by atoms with E-state index in [1.54, 1.807) is 23.3 Å². The van der Waals surface area contributed by atoms with Crippen LogP contribution in [-0.2, 0) is 21.4 Å². The fraction of sp³-hybridized carbons (Fsp3) is 0.667. The molecule has 5 nitrogen and oxygen atoms in total. The molecule has 0 aliphatic carbocycles. The molecule has 0 aromatic carbocycles. The first kappa shape index (κ1) is 15.9. The predicted molar refractivity (Wildman–Crippen MR) is 83.3 cm³/mol. The van der Waals surface area contributed by atoms with Crippen molar-refractivity contribution in [3.05, 3.63) is 16.1 Å². The van der Waals surface area contributed by atoms with Crippen LogP contribution in [-0.4, -0.2) is 41.8 Å². The van der Waals surface area contributed by atoms with Crippen molar-refractivity contribution < 1.29 is 9.59 Å². The largest absolute Gasteiger partial charge is 0.355 e. The van der Waals surface area contributed by atoms with Gasteiger partial charge in [-0.3, -0.25) is 9.59 Å². The molecule has 2 rings (SSSR count). The monoisotopic (exact) mass is 309 g/mol. The maximum Gasteiger partial charge on any atom is 0.225 e. The number of hydrogen-bond donors (Lipinski definition) is 1. The average Bonchev–Trinajstić information content (AvgIpc) is 2.97. The van der Waals surface area contributed by atoms with E-state index in [4.69, 9.17) is 0 Å². The normalized spacial score (nSPS) is 19.1. The Morgan fingerprint density at radius 1 is 1.52 bits per heavy atom. The summed E-state index contributed by atoms with van der Waals surface area (Å²) in [6, 6.07) is 0. The molecule has 1 aliphatic rings. The third-order valence-electron chi connectivity index (χ3n) is 3.67. The van der Waals surface area contributed by atoms with Crippen molar-refractivity contribution in [1.29, 1.82) is 0 Å². The molecule has 2 amide bonds. The number of carbonyl (C=O) groups is 2. The van der Waals surface area contributed by atoms with Gasteiger partial charge in [0, 0.05) is 43.8 Å². The number of nitrogens with one attached hydrogen (secondary N) is 1. The first-order valence-electron chi connectivity index (χ1n) is 7.24. The molecule has 116 valence electrons. The minimum Gasteiger partial charge on any atom is -0.355 e. The molecule has 0 radical (unpaired) electrons. The summed E-state index contributed by atoms with van der Waals surface area (Å²) in [7, 11) is 1.74. The Morgan fingerprint density at radius 3 is 2.76 bits per heavy atom. The molecule has 1 fully saturated rings. The van der Waals surface area contributed by atoms with Crippen LogP contribution in [0.1, 0.15) is 37.9 Å². The van der Waals surface area contributed by atoms with Crippen molar-refractivity contribution in [3.63, 3.8) is 0 Å². The Kier molecular flexibility index (Phi) is 4.66. The lowest BCUT2D eigenvalue weighted by Gasteiger charge is -2.14. The Hall–Kier alpha value is -1.43. The second-order valence-corrected chi connectivity index (χ2v) is 7.54. The van der Waals surface area contributed by atoms with Gasteiger partial charge in [-0.1, -0.05) is 20.8 Å². The average molecular weight is 309 g/mol. The third kappa shape index (κ3) is 4.03. The summed E-state index contributed by atoms with van der Waals surface area (Å²) < 4.78 is 0. The Bertz CT molecular complexity index is 533. The number of likely N-dealkylation sites (tertiary alicyclic amines) is 1. The van der Waals surface area contributed by atoms with Gasteiger partial charge in [-0.05, 0) is 0 Å². The van der Waals surface area contributed by atoms with Gasteiger partial charge < -0.3 is 10.2 Å². The van der Waals surface area contributed by atoms with Gasteiger partial charge in [0.15, 0.2) is 0 Å². The van der Waals surface area contributed by atoms with Crippen LogP contribution in [0.5, 0.6) is 0 Å². The second-order valence-electron chi connectivity index (χ2n) is 6.59. The molecule has 6 heteroatoms. The lowest BCUT2D eigenvalue weighted by atomic mass is 9.93. The van der Waals surface area contributed by atoms with E-state index in [1.165, 1.54) is 0 Å². The molecule has 0 bridgehead atoms. The van der Waals surface area contributed by atoms with Gasteiger partial charge >= 0.3 is 0 Å². The molecule has 1 aromatic heterocycles. The highest BCUT2D eigenvalue weighted by Gasteiger charge is 2.31. The van der Waals surface area contributed by atoms with E-state index in [1.807, 2.05) is 0 Å². The summed E-state index contributed by atoms with van der Waals surface area (Å²) in [6.45, 7) is 7.52. The molecule has 0 unspecified atom stereocenters. The van der Waals surface area contributed by atoms with Gasteiger partial charge in [0.05, 0.1) is 16.6 Å². The van der Waals surface area contributed by atoms with E-state index in [9.17, 15) is 9.59 Å². The van der Waals surface area contributed by atoms with Crippen LogP contribution >= 0.6 is 11.3 Å². The number of amides is 2. The van der Waals surface area contributed by atoms with Crippen LogP contribution in [0.3, 0.4) is 0 Å². The highest BCUT2D eigenvalue weighted by Crippen LogP contribution is 2.24. The minimum atomic E-state index is -0.205. The van der Waals surface area contributed by atoms with E-state index in [0.29, 0.717) is 19.5 Å². The molecular formula is C15H23N3O2S. The Balaban J connectivity index is 1.78. The molecular weight excluding hydrogens is 286 g/mol. The summed E-state index contributed by atoms with van der Waals surface area (Å²) in [4.78, 5) is 29.6. The number of thiazole rings is 1. The SMILES string of the molecule is CN1C[C@@H](C(=O)NCCc2nc(C(C)(C)C)cs2)CC1=O. The smallest absolute Gasteiger partial charge is 0.225 e. The fourth-order valence-electron chi connectivity index (χ4n) is 2.25. The first-order valence-corrected chi connectivity index (χ1v) is 8.12. The predicted octanol–water partition coefficient (Wildman–Crippen LogP) is 1.58. The summed E-state index contributed by atoms with van der Waals surface area (Å²) >= 11 is 1.64. The maximum absolute atomic E-state index is 12.0. The molecule has 0 spiro atoms. The number of nitrogens with zero attached hydrogens (tertiary/aromatic N) is 2.